The summed E-state index contributed by atoms with van der Waals surface area (Å²) in [5, 5.41) is 0. The van der Waals surface area contributed by atoms with Gasteiger partial charge >= 0.3 is 0 Å². The maximum atomic E-state index is 6.35. The van der Waals surface area contributed by atoms with Gasteiger partial charge in [0.15, 0.2) is 0 Å². The SMILES string of the molecule is COc1cccc(Oc2ccccc2)c1-c1ccc2c(c1)N(C)c1ccc(-c3c(OC)cccc3Oc3ccccc3)cc1N2C. The first-order valence-electron chi connectivity index (χ1n) is 15.1. The summed E-state index contributed by atoms with van der Waals surface area (Å²) in [4.78, 5) is 4.46. The summed E-state index contributed by atoms with van der Waals surface area (Å²) in [6, 6.07) is 44.4. The Bertz CT molecular complexity index is 1860. The lowest BCUT2D eigenvalue weighted by Crippen LogP contribution is -2.24. The topological polar surface area (TPSA) is 43.4 Å². The van der Waals surface area contributed by atoms with Crippen LogP contribution in [0.4, 0.5) is 22.7 Å². The number of benzene rings is 6. The van der Waals surface area contributed by atoms with Crippen molar-refractivity contribution in [2.75, 3.05) is 38.1 Å². The Kier molecular flexibility index (Phi) is 7.69. The number of hydrogen-bond donors (Lipinski definition) is 0. The van der Waals surface area contributed by atoms with Crippen LogP contribution in [0.15, 0.2) is 133 Å². The molecule has 0 spiro atoms. The highest BCUT2D eigenvalue weighted by Gasteiger charge is 2.27. The first-order valence-corrected chi connectivity index (χ1v) is 15.1. The maximum Gasteiger partial charge on any atom is 0.138 e. The molecule has 7 rings (SSSR count). The lowest BCUT2D eigenvalue weighted by molar-refractivity contribution is 0.411. The molecule has 6 aromatic carbocycles. The average molecular weight is 607 g/mol. The molecular formula is C40H34N2O4. The standard InChI is InChI=1S/C40H34N2O4/c1-41-31-23-21-28(40-36(44-4)18-12-20-38(40)46-30-15-9-6-10-16-30)26-34(31)42(2)32-24-22-27(25-33(32)41)39-35(43-3)17-11-19-37(39)45-29-13-7-5-8-14-29/h5-26H,1-4H3. The van der Waals surface area contributed by atoms with Gasteiger partial charge in [-0.05, 0) is 83.9 Å². The minimum Gasteiger partial charge on any atom is -0.496 e. The van der Waals surface area contributed by atoms with Crippen LogP contribution in [-0.2, 0) is 0 Å². The van der Waals surface area contributed by atoms with Crippen LogP contribution in [0.2, 0.25) is 0 Å². The van der Waals surface area contributed by atoms with Gasteiger partial charge in [-0.1, -0.05) is 60.7 Å². The quantitative estimate of drug-likeness (QED) is 0.172. The Hall–Kier alpha value is -5.88. The van der Waals surface area contributed by atoms with Crippen molar-refractivity contribution in [2.45, 2.75) is 0 Å². The summed E-state index contributed by atoms with van der Waals surface area (Å²) in [7, 11) is 7.58. The first kappa shape index (κ1) is 28.9. The predicted octanol–water partition coefficient (Wildman–Crippen LogP) is 10.5. The molecule has 0 fully saturated rings. The van der Waals surface area contributed by atoms with Crippen molar-refractivity contribution in [1.82, 2.24) is 0 Å². The van der Waals surface area contributed by atoms with Gasteiger partial charge < -0.3 is 28.7 Å². The summed E-state index contributed by atoms with van der Waals surface area (Å²) >= 11 is 0. The maximum absolute atomic E-state index is 6.35. The highest BCUT2D eigenvalue weighted by molar-refractivity contribution is 5.97. The molecule has 0 saturated heterocycles. The van der Waals surface area contributed by atoms with Crippen molar-refractivity contribution in [1.29, 1.82) is 0 Å². The van der Waals surface area contributed by atoms with E-state index in [2.05, 4.69) is 60.3 Å². The molecule has 0 radical (unpaired) electrons. The lowest BCUT2D eigenvalue weighted by Gasteiger charge is -2.37. The van der Waals surface area contributed by atoms with Crippen LogP contribution >= 0.6 is 0 Å². The van der Waals surface area contributed by atoms with E-state index >= 15 is 0 Å². The number of fused-ring (bicyclic) bond motifs is 2. The van der Waals surface area contributed by atoms with Crippen LogP contribution < -0.4 is 28.7 Å². The second kappa shape index (κ2) is 12.3. The zero-order valence-electron chi connectivity index (χ0n) is 26.2. The number of para-hydroxylation sites is 2. The van der Waals surface area contributed by atoms with E-state index in [-0.39, 0.29) is 0 Å². The van der Waals surface area contributed by atoms with E-state index in [0.29, 0.717) is 0 Å². The van der Waals surface area contributed by atoms with Gasteiger partial charge in [0.25, 0.3) is 0 Å². The summed E-state index contributed by atoms with van der Waals surface area (Å²) in [5.74, 6) is 4.49. The van der Waals surface area contributed by atoms with Crippen molar-refractivity contribution in [2.24, 2.45) is 0 Å². The molecule has 0 aromatic heterocycles. The fourth-order valence-electron chi connectivity index (χ4n) is 6.05. The van der Waals surface area contributed by atoms with Gasteiger partial charge in [-0.3, -0.25) is 0 Å². The molecular weight excluding hydrogens is 572 g/mol. The second-order valence-corrected chi connectivity index (χ2v) is 11.0. The predicted molar refractivity (Wildman–Crippen MR) is 186 cm³/mol. The van der Waals surface area contributed by atoms with E-state index in [0.717, 1.165) is 79.5 Å². The molecule has 1 aliphatic rings. The van der Waals surface area contributed by atoms with Crippen LogP contribution in [0.5, 0.6) is 34.5 Å². The fraction of sp³-hybridized carbons (Fsp3) is 0.100. The van der Waals surface area contributed by atoms with E-state index in [4.69, 9.17) is 18.9 Å². The monoisotopic (exact) mass is 606 g/mol. The van der Waals surface area contributed by atoms with Gasteiger partial charge in [0.2, 0.25) is 0 Å². The van der Waals surface area contributed by atoms with Gasteiger partial charge in [-0.25, -0.2) is 0 Å². The number of methoxy groups -OCH3 is 2. The van der Waals surface area contributed by atoms with Gasteiger partial charge in [0.05, 0.1) is 48.1 Å². The van der Waals surface area contributed by atoms with Crippen LogP contribution in [-0.4, -0.2) is 28.3 Å². The fourth-order valence-corrected chi connectivity index (χ4v) is 6.05. The molecule has 0 saturated carbocycles. The van der Waals surface area contributed by atoms with Crippen LogP contribution in [0.1, 0.15) is 0 Å². The Morgan fingerprint density at radius 2 is 0.783 bits per heavy atom. The number of anilines is 4. The smallest absolute Gasteiger partial charge is 0.138 e. The molecule has 46 heavy (non-hydrogen) atoms. The molecule has 6 aromatic rings. The molecule has 0 amide bonds. The Labute approximate surface area is 269 Å². The van der Waals surface area contributed by atoms with Crippen molar-refractivity contribution in [3.63, 3.8) is 0 Å². The van der Waals surface area contributed by atoms with Crippen molar-refractivity contribution >= 4 is 22.7 Å². The summed E-state index contributed by atoms with van der Waals surface area (Å²) in [6.45, 7) is 0. The van der Waals surface area contributed by atoms with E-state index in [9.17, 15) is 0 Å². The Morgan fingerprint density at radius 1 is 0.391 bits per heavy atom. The molecule has 0 bridgehead atoms. The summed E-state index contributed by atoms with van der Waals surface area (Å²) in [5.41, 5.74) is 8.10. The zero-order valence-corrected chi connectivity index (χ0v) is 26.2. The highest BCUT2D eigenvalue weighted by atomic mass is 16.5. The third kappa shape index (κ3) is 5.24. The second-order valence-electron chi connectivity index (χ2n) is 11.0. The molecule has 0 aliphatic carbocycles. The van der Waals surface area contributed by atoms with E-state index < -0.39 is 0 Å². The van der Waals surface area contributed by atoms with E-state index in [1.807, 2.05) is 97.1 Å². The summed E-state index contributed by atoms with van der Waals surface area (Å²) < 4.78 is 24.3. The molecule has 6 heteroatoms. The molecule has 0 N–H and O–H groups in total. The highest BCUT2D eigenvalue weighted by Crippen LogP contribution is 2.51. The van der Waals surface area contributed by atoms with Crippen molar-refractivity contribution < 1.29 is 18.9 Å². The molecule has 0 unspecified atom stereocenters. The van der Waals surface area contributed by atoms with Gasteiger partial charge in [-0.2, -0.15) is 0 Å². The van der Waals surface area contributed by atoms with E-state index in [1.54, 1.807) is 14.2 Å². The third-order valence-electron chi connectivity index (χ3n) is 8.33. The van der Waals surface area contributed by atoms with Gasteiger partial charge in [0, 0.05) is 14.1 Å². The zero-order chi connectivity index (χ0) is 31.6. The molecule has 1 aliphatic heterocycles. The molecule has 0 atom stereocenters. The largest absolute Gasteiger partial charge is 0.496 e. The minimum atomic E-state index is 0.729. The van der Waals surface area contributed by atoms with E-state index in [1.165, 1.54) is 0 Å². The number of hydrogen-bond acceptors (Lipinski definition) is 6. The molecule has 1 heterocycles. The average Bonchev–Trinajstić information content (AvgIpc) is 3.11. The molecule has 6 nitrogen and oxygen atoms in total. The van der Waals surface area contributed by atoms with Crippen molar-refractivity contribution in [3.8, 4) is 56.8 Å². The van der Waals surface area contributed by atoms with Gasteiger partial charge in [0.1, 0.15) is 34.5 Å². The summed E-state index contributed by atoms with van der Waals surface area (Å²) in [6.07, 6.45) is 0. The number of ether oxygens (including phenoxy) is 4. The van der Waals surface area contributed by atoms with Crippen LogP contribution in [0.25, 0.3) is 22.3 Å². The molecule has 228 valence electrons. The number of rotatable bonds is 8. The normalized spacial score (nSPS) is 11.8. The third-order valence-corrected chi connectivity index (χ3v) is 8.33. The minimum absolute atomic E-state index is 0.729. The first-order chi connectivity index (χ1) is 22.6. The van der Waals surface area contributed by atoms with Crippen molar-refractivity contribution in [3.05, 3.63) is 133 Å². The van der Waals surface area contributed by atoms with Crippen LogP contribution in [0, 0.1) is 0 Å². The Morgan fingerprint density at radius 3 is 1.17 bits per heavy atom. The van der Waals surface area contributed by atoms with Crippen LogP contribution in [0.3, 0.4) is 0 Å². The number of nitrogens with zero attached hydrogens (tertiary/aromatic N) is 2. The Balaban J connectivity index is 1.28. The van der Waals surface area contributed by atoms with Gasteiger partial charge in [-0.15, -0.1) is 0 Å². The lowest BCUT2D eigenvalue weighted by atomic mass is 9.97.